The molecular formula is C12H21N5OS. The summed E-state index contributed by atoms with van der Waals surface area (Å²) >= 11 is 1.28. The summed E-state index contributed by atoms with van der Waals surface area (Å²) in [6.07, 6.45) is 2.57. The summed E-state index contributed by atoms with van der Waals surface area (Å²) in [5.41, 5.74) is 5.72. The Kier molecular flexibility index (Phi) is 4.60. The summed E-state index contributed by atoms with van der Waals surface area (Å²) in [5.74, 6) is 0.157. The number of nitrogens with one attached hydrogen (secondary N) is 2. The van der Waals surface area contributed by atoms with Gasteiger partial charge in [0.1, 0.15) is 10.7 Å². The molecule has 1 heterocycles. The number of amides is 1. The molecule has 106 valence electrons. The van der Waals surface area contributed by atoms with Crippen LogP contribution in [0.25, 0.3) is 0 Å². The SMILES string of the molecule is CCN(CCNC(=O)c1sc(NC)nc1N)C1CC1. The average Bonchev–Trinajstić information content (AvgIpc) is 3.17. The van der Waals surface area contributed by atoms with Crippen molar-refractivity contribution < 1.29 is 4.79 Å². The van der Waals surface area contributed by atoms with Crippen molar-refractivity contribution in [3.8, 4) is 0 Å². The molecule has 19 heavy (non-hydrogen) atoms. The van der Waals surface area contributed by atoms with Crippen molar-refractivity contribution in [3.63, 3.8) is 0 Å². The normalized spacial score (nSPS) is 14.7. The molecule has 4 N–H and O–H groups in total. The number of carbonyl (C=O) groups excluding carboxylic acids is 1. The van der Waals surface area contributed by atoms with Crippen molar-refractivity contribution in [1.29, 1.82) is 0 Å². The van der Waals surface area contributed by atoms with E-state index in [2.05, 4.69) is 27.4 Å². The van der Waals surface area contributed by atoms with Crippen molar-refractivity contribution >= 4 is 28.2 Å². The number of hydrogen-bond donors (Lipinski definition) is 3. The maximum atomic E-state index is 12.0. The highest BCUT2D eigenvalue weighted by Gasteiger charge is 2.27. The van der Waals surface area contributed by atoms with E-state index in [0.29, 0.717) is 22.4 Å². The van der Waals surface area contributed by atoms with E-state index in [-0.39, 0.29) is 5.91 Å². The van der Waals surface area contributed by atoms with Gasteiger partial charge in [0.05, 0.1) is 0 Å². The zero-order valence-corrected chi connectivity index (χ0v) is 12.2. The van der Waals surface area contributed by atoms with E-state index in [1.165, 1.54) is 24.2 Å². The predicted octanol–water partition coefficient (Wildman–Crippen LogP) is 0.981. The minimum atomic E-state index is -0.136. The van der Waals surface area contributed by atoms with E-state index in [9.17, 15) is 4.79 Å². The second-order valence-electron chi connectivity index (χ2n) is 4.60. The van der Waals surface area contributed by atoms with Crippen LogP contribution in [0.1, 0.15) is 29.4 Å². The molecule has 1 aromatic heterocycles. The second kappa shape index (κ2) is 6.21. The standard InChI is InChI=1S/C12H21N5OS/c1-3-17(8-4-5-8)7-6-15-11(18)9-10(13)16-12(14-2)19-9/h8H,3-7,13H2,1-2H3,(H,14,16)(H,15,18). The Labute approximate surface area is 117 Å². The molecule has 1 aliphatic carbocycles. The van der Waals surface area contributed by atoms with E-state index >= 15 is 0 Å². The largest absolute Gasteiger partial charge is 0.382 e. The number of nitrogen functional groups attached to an aromatic ring is 1. The lowest BCUT2D eigenvalue weighted by molar-refractivity contribution is 0.0952. The van der Waals surface area contributed by atoms with Crippen LogP contribution in [-0.4, -0.2) is 48.5 Å². The van der Waals surface area contributed by atoms with Crippen molar-refractivity contribution in [3.05, 3.63) is 4.88 Å². The number of nitrogens with two attached hydrogens (primary N) is 1. The van der Waals surface area contributed by atoms with Gasteiger partial charge >= 0.3 is 0 Å². The van der Waals surface area contributed by atoms with Crippen LogP contribution < -0.4 is 16.4 Å². The highest BCUT2D eigenvalue weighted by atomic mass is 32.1. The Morgan fingerprint density at radius 3 is 2.84 bits per heavy atom. The fourth-order valence-corrected chi connectivity index (χ4v) is 2.79. The zero-order chi connectivity index (χ0) is 13.8. The van der Waals surface area contributed by atoms with E-state index < -0.39 is 0 Å². The summed E-state index contributed by atoms with van der Waals surface area (Å²) < 4.78 is 0. The first-order valence-corrected chi connectivity index (χ1v) is 7.43. The Bertz CT molecular complexity index is 443. The van der Waals surface area contributed by atoms with Gasteiger partial charge in [-0.25, -0.2) is 4.98 Å². The Morgan fingerprint density at radius 2 is 2.32 bits per heavy atom. The van der Waals surface area contributed by atoms with Crippen LogP contribution in [0.4, 0.5) is 10.9 Å². The molecule has 7 heteroatoms. The first-order chi connectivity index (χ1) is 9.15. The number of thiazole rings is 1. The summed E-state index contributed by atoms with van der Waals surface area (Å²) in [7, 11) is 1.76. The van der Waals surface area contributed by atoms with Gasteiger partial charge < -0.3 is 16.4 Å². The van der Waals surface area contributed by atoms with Gasteiger partial charge in [-0.1, -0.05) is 18.3 Å². The quantitative estimate of drug-likeness (QED) is 0.695. The summed E-state index contributed by atoms with van der Waals surface area (Å²) in [5, 5.41) is 6.46. The molecule has 0 bridgehead atoms. The van der Waals surface area contributed by atoms with E-state index in [1.807, 2.05) is 0 Å². The Hall–Kier alpha value is -1.34. The predicted molar refractivity (Wildman–Crippen MR) is 78.7 cm³/mol. The molecule has 0 aliphatic heterocycles. The van der Waals surface area contributed by atoms with Crippen LogP contribution in [-0.2, 0) is 0 Å². The molecule has 2 rings (SSSR count). The molecule has 1 saturated carbocycles. The van der Waals surface area contributed by atoms with Gasteiger partial charge in [0, 0.05) is 26.2 Å². The molecule has 0 radical (unpaired) electrons. The molecule has 1 amide bonds. The molecule has 6 nitrogen and oxygen atoms in total. The smallest absolute Gasteiger partial charge is 0.265 e. The molecular weight excluding hydrogens is 262 g/mol. The van der Waals surface area contributed by atoms with E-state index in [4.69, 9.17) is 5.73 Å². The number of carbonyl (C=O) groups is 1. The first kappa shape index (κ1) is 14.1. The number of aromatic nitrogens is 1. The fraction of sp³-hybridized carbons (Fsp3) is 0.667. The minimum Gasteiger partial charge on any atom is -0.382 e. The van der Waals surface area contributed by atoms with Crippen LogP contribution >= 0.6 is 11.3 Å². The molecule has 0 saturated heterocycles. The topological polar surface area (TPSA) is 83.3 Å². The summed E-state index contributed by atoms with van der Waals surface area (Å²) in [6, 6.07) is 0.728. The lowest BCUT2D eigenvalue weighted by atomic mass is 10.4. The molecule has 1 fully saturated rings. The molecule has 0 atom stereocenters. The van der Waals surface area contributed by atoms with Gasteiger partial charge in [-0.3, -0.25) is 9.69 Å². The van der Waals surface area contributed by atoms with Crippen molar-refractivity contribution in [2.45, 2.75) is 25.8 Å². The lowest BCUT2D eigenvalue weighted by Crippen LogP contribution is -2.36. The van der Waals surface area contributed by atoms with Crippen molar-refractivity contribution in [2.75, 3.05) is 37.7 Å². The number of nitrogens with zero attached hydrogens (tertiary/aromatic N) is 2. The first-order valence-electron chi connectivity index (χ1n) is 6.62. The molecule has 1 aromatic rings. The minimum absolute atomic E-state index is 0.136. The number of likely N-dealkylation sites (N-methyl/N-ethyl adjacent to an activating group) is 1. The van der Waals surface area contributed by atoms with Crippen LogP contribution in [0.3, 0.4) is 0 Å². The van der Waals surface area contributed by atoms with Crippen LogP contribution in [0.2, 0.25) is 0 Å². The Balaban J connectivity index is 1.81. The van der Waals surface area contributed by atoms with Crippen LogP contribution in [0, 0.1) is 0 Å². The zero-order valence-electron chi connectivity index (χ0n) is 11.4. The molecule has 0 aromatic carbocycles. The number of rotatable bonds is 7. The third-order valence-electron chi connectivity index (χ3n) is 3.23. The van der Waals surface area contributed by atoms with E-state index in [0.717, 1.165) is 19.1 Å². The third kappa shape index (κ3) is 3.57. The van der Waals surface area contributed by atoms with Gasteiger partial charge in [-0.2, -0.15) is 0 Å². The Morgan fingerprint density at radius 1 is 1.58 bits per heavy atom. The number of hydrogen-bond acceptors (Lipinski definition) is 6. The van der Waals surface area contributed by atoms with Gasteiger partial charge in [0.15, 0.2) is 5.13 Å². The maximum absolute atomic E-state index is 12.0. The molecule has 1 aliphatic rings. The third-order valence-corrected chi connectivity index (χ3v) is 4.31. The van der Waals surface area contributed by atoms with Gasteiger partial charge in [0.25, 0.3) is 5.91 Å². The highest BCUT2D eigenvalue weighted by Crippen LogP contribution is 2.26. The maximum Gasteiger partial charge on any atom is 0.265 e. The highest BCUT2D eigenvalue weighted by molar-refractivity contribution is 7.18. The summed E-state index contributed by atoms with van der Waals surface area (Å²) in [4.78, 5) is 18.9. The molecule has 0 unspecified atom stereocenters. The molecule has 0 spiro atoms. The van der Waals surface area contributed by atoms with Gasteiger partial charge in [-0.05, 0) is 19.4 Å². The monoisotopic (exact) mass is 283 g/mol. The summed E-state index contributed by atoms with van der Waals surface area (Å²) in [6.45, 7) is 4.73. The van der Waals surface area contributed by atoms with Crippen LogP contribution in [0.15, 0.2) is 0 Å². The van der Waals surface area contributed by atoms with Gasteiger partial charge in [0.2, 0.25) is 0 Å². The van der Waals surface area contributed by atoms with Crippen LogP contribution in [0.5, 0.6) is 0 Å². The van der Waals surface area contributed by atoms with Crippen molar-refractivity contribution in [2.24, 2.45) is 0 Å². The van der Waals surface area contributed by atoms with Gasteiger partial charge in [-0.15, -0.1) is 0 Å². The van der Waals surface area contributed by atoms with E-state index in [1.54, 1.807) is 7.05 Å². The number of anilines is 2. The average molecular weight is 283 g/mol. The fourth-order valence-electron chi connectivity index (χ4n) is 2.03. The van der Waals surface area contributed by atoms with Crippen molar-refractivity contribution in [1.82, 2.24) is 15.2 Å². The lowest BCUT2D eigenvalue weighted by Gasteiger charge is -2.19. The second-order valence-corrected chi connectivity index (χ2v) is 5.60.